The number of furan rings is 1. The lowest BCUT2D eigenvalue weighted by atomic mass is 9.48. The first-order valence-corrected chi connectivity index (χ1v) is 24.3. The Balaban J connectivity index is 0.897. The third kappa shape index (κ3) is 5.50. The monoisotopic (exact) mass is 875 g/mol. The van der Waals surface area contributed by atoms with E-state index in [9.17, 15) is 0 Å². The molecule has 318 valence electrons. The van der Waals surface area contributed by atoms with Gasteiger partial charge in [0.15, 0.2) is 0 Å². The first kappa shape index (κ1) is 38.5. The van der Waals surface area contributed by atoms with Crippen LogP contribution in [0.15, 0.2) is 229 Å². The van der Waals surface area contributed by atoms with Crippen LogP contribution in [0.4, 0.5) is 17.1 Å². The molecule has 2 nitrogen and oxygen atoms in total. The average Bonchev–Trinajstić information content (AvgIpc) is 4.05. The number of hydrogen-bond acceptors (Lipinski definition) is 3. The minimum absolute atomic E-state index is 0.0203. The molecule has 2 aromatic heterocycles. The molecule has 0 fully saturated rings. The molecular formula is C64H45NOS. The Hall–Kier alpha value is -7.72. The van der Waals surface area contributed by atoms with Gasteiger partial charge < -0.3 is 9.32 Å². The Morgan fingerprint density at radius 3 is 1.84 bits per heavy atom. The molecule has 3 aliphatic rings. The van der Waals surface area contributed by atoms with Gasteiger partial charge in [-0.25, -0.2) is 0 Å². The lowest BCUT2D eigenvalue weighted by molar-refractivity contribution is 0.219. The van der Waals surface area contributed by atoms with Crippen LogP contribution < -0.4 is 4.90 Å². The third-order valence-electron chi connectivity index (χ3n) is 15.5. The molecule has 0 aliphatic heterocycles. The first-order valence-electron chi connectivity index (χ1n) is 23.5. The van der Waals surface area contributed by atoms with Gasteiger partial charge in [-0.2, -0.15) is 0 Å². The second-order valence-electron chi connectivity index (χ2n) is 19.2. The summed E-state index contributed by atoms with van der Waals surface area (Å²) in [6.07, 6.45) is 9.53. The standard InChI is InChI=1S/C64H45NOS/c1-63(2)54-20-7-9-22-56(54)64(57-23-10-8-21-55(57)63)53-19-6-3-14-47(53)48-36-30-42(38-58(48)64)40-26-31-43(32-27-40)65(45-35-37-60-52(39-45)49-15-4-11-24-59(49)66-60)44-33-28-41(29-34-44)46-17-13-18-51-50-16-5-12-25-61(50)67-62(46)51/h3-39,54,56H,1-2H3. The van der Waals surface area contributed by atoms with Crippen molar-refractivity contribution in [3.63, 3.8) is 0 Å². The van der Waals surface area contributed by atoms with Crippen molar-refractivity contribution in [3.8, 4) is 33.4 Å². The second-order valence-corrected chi connectivity index (χ2v) is 20.2. The van der Waals surface area contributed by atoms with Crippen LogP contribution >= 0.6 is 11.3 Å². The van der Waals surface area contributed by atoms with Gasteiger partial charge in [0.2, 0.25) is 0 Å². The molecule has 67 heavy (non-hydrogen) atoms. The molecule has 0 radical (unpaired) electrons. The van der Waals surface area contributed by atoms with Crippen LogP contribution in [0, 0.1) is 11.8 Å². The minimum Gasteiger partial charge on any atom is -0.456 e. The fourth-order valence-electron chi connectivity index (χ4n) is 12.5. The van der Waals surface area contributed by atoms with Crippen LogP contribution in [0.2, 0.25) is 0 Å². The van der Waals surface area contributed by atoms with E-state index in [4.69, 9.17) is 4.42 Å². The van der Waals surface area contributed by atoms with Crippen LogP contribution in [0.3, 0.4) is 0 Å². The Morgan fingerprint density at radius 2 is 1.01 bits per heavy atom. The van der Waals surface area contributed by atoms with E-state index in [2.05, 4.69) is 237 Å². The Bertz CT molecular complexity index is 3860. The summed E-state index contributed by atoms with van der Waals surface area (Å²) in [7, 11) is 0. The highest BCUT2D eigenvalue weighted by Crippen LogP contribution is 2.65. The fraction of sp³-hybridized carbons (Fsp3) is 0.0938. The highest BCUT2D eigenvalue weighted by atomic mass is 32.1. The maximum absolute atomic E-state index is 6.31. The van der Waals surface area contributed by atoms with E-state index < -0.39 is 0 Å². The van der Waals surface area contributed by atoms with Crippen molar-refractivity contribution in [1.29, 1.82) is 0 Å². The van der Waals surface area contributed by atoms with E-state index in [1.54, 1.807) is 0 Å². The summed E-state index contributed by atoms with van der Waals surface area (Å²) in [5.41, 5.74) is 18.0. The number of para-hydroxylation sites is 1. The van der Waals surface area contributed by atoms with E-state index in [-0.39, 0.29) is 16.7 Å². The van der Waals surface area contributed by atoms with E-state index in [0.717, 1.165) is 39.0 Å². The molecule has 1 spiro atoms. The zero-order chi connectivity index (χ0) is 44.4. The SMILES string of the molecule is CC1(C)c2ccccc2C2(c3ccccc3-c3ccc(-c4ccc(N(c5ccc(-c6cccc7c6sc6ccccc67)cc5)c5ccc6oc7ccccc7c6c5)cc4)cc32)C2C=CC=CC21. The van der Waals surface area contributed by atoms with E-state index >= 15 is 0 Å². The molecule has 3 atom stereocenters. The lowest BCUT2D eigenvalue weighted by Crippen LogP contribution is -2.51. The summed E-state index contributed by atoms with van der Waals surface area (Å²) in [5, 5.41) is 4.85. The predicted molar refractivity (Wildman–Crippen MR) is 282 cm³/mol. The summed E-state index contributed by atoms with van der Waals surface area (Å²) < 4.78 is 8.96. The Kier molecular flexibility index (Phi) is 8.28. The van der Waals surface area contributed by atoms with E-state index in [1.165, 1.54) is 75.8 Å². The summed E-state index contributed by atoms with van der Waals surface area (Å²) in [5.74, 6) is 0.614. The van der Waals surface area contributed by atoms with Gasteiger partial charge in [-0.05, 0) is 128 Å². The number of fused-ring (bicyclic) bond motifs is 15. The molecular weight excluding hydrogens is 831 g/mol. The average molecular weight is 876 g/mol. The molecule has 0 bridgehead atoms. The van der Waals surface area contributed by atoms with Gasteiger partial charge in [-0.3, -0.25) is 0 Å². The van der Waals surface area contributed by atoms with Gasteiger partial charge in [0.25, 0.3) is 0 Å². The fourth-order valence-corrected chi connectivity index (χ4v) is 13.7. The normalized spacial score (nSPS) is 18.7. The van der Waals surface area contributed by atoms with Crippen LogP contribution in [-0.2, 0) is 10.8 Å². The summed E-state index contributed by atoms with van der Waals surface area (Å²) in [4.78, 5) is 2.38. The molecule has 0 amide bonds. The number of anilines is 3. The number of rotatable bonds is 5. The molecule has 3 aliphatic carbocycles. The van der Waals surface area contributed by atoms with Gasteiger partial charge in [0, 0.05) is 53.9 Å². The molecule has 0 N–H and O–H groups in total. The topological polar surface area (TPSA) is 16.4 Å². The molecule has 11 aromatic rings. The van der Waals surface area contributed by atoms with Crippen molar-refractivity contribution < 1.29 is 4.42 Å². The van der Waals surface area contributed by atoms with Crippen LogP contribution in [0.25, 0.3) is 75.5 Å². The van der Waals surface area contributed by atoms with Gasteiger partial charge in [-0.15, -0.1) is 11.3 Å². The van der Waals surface area contributed by atoms with Crippen molar-refractivity contribution >= 4 is 70.5 Å². The van der Waals surface area contributed by atoms with Crippen molar-refractivity contribution in [2.24, 2.45) is 11.8 Å². The zero-order valence-electron chi connectivity index (χ0n) is 37.3. The molecule has 3 heteroatoms. The molecule has 2 heterocycles. The highest BCUT2D eigenvalue weighted by molar-refractivity contribution is 7.26. The maximum atomic E-state index is 6.31. The minimum atomic E-state index is -0.318. The number of hydrogen-bond donors (Lipinski definition) is 0. The zero-order valence-corrected chi connectivity index (χ0v) is 38.1. The molecule has 9 aromatic carbocycles. The number of allylic oxidation sites excluding steroid dienone is 4. The Morgan fingerprint density at radius 1 is 0.418 bits per heavy atom. The Labute approximate surface area is 394 Å². The van der Waals surface area contributed by atoms with Gasteiger partial charge in [0.1, 0.15) is 11.2 Å². The molecule has 3 unspecified atom stereocenters. The van der Waals surface area contributed by atoms with Gasteiger partial charge in [-0.1, -0.05) is 178 Å². The lowest BCUT2D eigenvalue weighted by Gasteiger charge is -2.54. The summed E-state index contributed by atoms with van der Waals surface area (Å²) in [6.45, 7) is 4.89. The first-order chi connectivity index (χ1) is 33.0. The molecule has 14 rings (SSSR count). The number of benzene rings is 9. The molecule has 0 saturated carbocycles. The smallest absolute Gasteiger partial charge is 0.135 e. The van der Waals surface area contributed by atoms with Gasteiger partial charge >= 0.3 is 0 Å². The maximum Gasteiger partial charge on any atom is 0.135 e. The van der Waals surface area contributed by atoms with Crippen molar-refractivity contribution in [3.05, 3.63) is 247 Å². The highest BCUT2D eigenvalue weighted by Gasteiger charge is 2.58. The largest absolute Gasteiger partial charge is 0.456 e. The second kappa shape index (κ2) is 14.4. The third-order valence-corrected chi connectivity index (χ3v) is 16.7. The van der Waals surface area contributed by atoms with Crippen molar-refractivity contribution in [2.45, 2.75) is 24.7 Å². The van der Waals surface area contributed by atoms with Crippen molar-refractivity contribution in [2.75, 3.05) is 4.90 Å². The summed E-state index contributed by atoms with van der Waals surface area (Å²) in [6, 6.07) is 74.4. The van der Waals surface area contributed by atoms with Crippen LogP contribution in [-0.4, -0.2) is 0 Å². The predicted octanol–water partition coefficient (Wildman–Crippen LogP) is 17.7. The van der Waals surface area contributed by atoms with E-state index in [0.29, 0.717) is 5.92 Å². The number of nitrogens with zero attached hydrogens (tertiary/aromatic N) is 1. The van der Waals surface area contributed by atoms with Crippen molar-refractivity contribution in [1.82, 2.24) is 0 Å². The van der Waals surface area contributed by atoms with E-state index in [1.807, 2.05) is 17.4 Å². The number of thiophene rings is 1. The van der Waals surface area contributed by atoms with Crippen LogP contribution in [0.5, 0.6) is 0 Å². The summed E-state index contributed by atoms with van der Waals surface area (Å²) >= 11 is 1.88. The quantitative estimate of drug-likeness (QED) is 0.171. The van der Waals surface area contributed by atoms with Crippen LogP contribution in [0.1, 0.15) is 36.1 Å². The van der Waals surface area contributed by atoms with Gasteiger partial charge in [0.05, 0.1) is 5.41 Å². The molecule has 0 saturated heterocycles.